The van der Waals surface area contributed by atoms with Crippen molar-refractivity contribution in [3.63, 3.8) is 0 Å². The number of carbonyl (C=O) groups excluding carboxylic acids is 1. The predicted molar refractivity (Wildman–Crippen MR) is 83.7 cm³/mol. The normalized spacial score (nSPS) is 10.5. The quantitative estimate of drug-likeness (QED) is 0.606. The van der Waals surface area contributed by atoms with Gasteiger partial charge < -0.3 is 14.2 Å². The molecule has 0 spiro atoms. The standard InChI is InChI=1S/C17H17NO4/c1-20-15-10-12(11-16(21-2)17(15)22-3)4-5-14(19)13-6-8-18-9-7-13/h4-11H,1-3H3/b5-4+. The van der Waals surface area contributed by atoms with Crippen molar-refractivity contribution in [2.24, 2.45) is 0 Å². The van der Waals surface area contributed by atoms with Crippen molar-refractivity contribution in [2.45, 2.75) is 0 Å². The fourth-order valence-electron chi connectivity index (χ4n) is 1.98. The van der Waals surface area contributed by atoms with E-state index in [9.17, 15) is 4.79 Å². The van der Waals surface area contributed by atoms with Gasteiger partial charge in [-0.1, -0.05) is 6.08 Å². The number of rotatable bonds is 6. The number of aromatic nitrogens is 1. The third kappa shape index (κ3) is 3.44. The Balaban J connectivity index is 2.29. The largest absolute Gasteiger partial charge is 0.493 e. The van der Waals surface area contributed by atoms with Crippen LogP contribution in [0.1, 0.15) is 15.9 Å². The molecule has 0 radical (unpaired) electrons. The lowest BCUT2D eigenvalue weighted by Crippen LogP contribution is -1.96. The molecule has 0 N–H and O–H groups in total. The van der Waals surface area contributed by atoms with E-state index in [1.807, 2.05) is 0 Å². The maximum Gasteiger partial charge on any atom is 0.203 e. The van der Waals surface area contributed by atoms with E-state index in [2.05, 4.69) is 4.98 Å². The molecule has 0 fully saturated rings. The van der Waals surface area contributed by atoms with Gasteiger partial charge in [0.2, 0.25) is 5.75 Å². The fourth-order valence-corrected chi connectivity index (χ4v) is 1.98. The summed E-state index contributed by atoms with van der Waals surface area (Å²) < 4.78 is 15.8. The van der Waals surface area contributed by atoms with Gasteiger partial charge in [0.25, 0.3) is 0 Å². The van der Waals surface area contributed by atoms with Crippen molar-refractivity contribution >= 4 is 11.9 Å². The molecular weight excluding hydrogens is 282 g/mol. The number of pyridine rings is 1. The molecule has 2 aromatic rings. The first-order chi connectivity index (χ1) is 10.7. The van der Waals surface area contributed by atoms with Crippen molar-refractivity contribution in [1.29, 1.82) is 0 Å². The molecule has 0 aliphatic rings. The van der Waals surface area contributed by atoms with Crippen molar-refractivity contribution < 1.29 is 19.0 Å². The zero-order chi connectivity index (χ0) is 15.9. The summed E-state index contributed by atoms with van der Waals surface area (Å²) in [7, 11) is 4.64. The lowest BCUT2D eigenvalue weighted by Gasteiger charge is -2.12. The van der Waals surface area contributed by atoms with E-state index in [0.29, 0.717) is 22.8 Å². The minimum atomic E-state index is -0.101. The molecule has 1 aromatic heterocycles. The molecule has 0 amide bonds. The van der Waals surface area contributed by atoms with Crippen LogP contribution in [-0.4, -0.2) is 32.1 Å². The van der Waals surface area contributed by atoms with Gasteiger partial charge in [-0.25, -0.2) is 0 Å². The number of carbonyl (C=O) groups is 1. The van der Waals surface area contributed by atoms with Crippen LogP contribution in [0.5, 0.6) is 17.2 Å². The first-order valence-corrected chi connectivity index (χ1v) is 6.62. The first kappa shape index (κ1) is 15.6. The highest BCUT2D eigenvalue weighted by molar-refractivity contribution is 6.06. The topological polar surface area (TPSA) is 57.7 Å². The van der Waals surface area contributed by atoms with Crippen LogP contribution in [0, 0.1) is 0 Å². The predicted octanol–water partition coefficient (Wildman–Crippen LogP) is 3.00. The van der Waals surface area contributed by atoms with E-state index in [1.54, 1.807) is 64.1 Å². The second kappa shape index (κ2) is 7.26. The Bertz CT molecular complexity index is 655. The molecule has 1 heterocycles. The van der Waals surface area contributed by atoms with Crippen LogP contribution >= 0.6 is 0 Å². The van der Waals surface area contributed by atoms with Crippen LogP contribution in [-0.2, 0) is 0 Å². The van der Waals surface area contributed by atoms with Crippen molar-refractivity contribution in [1.82, 2.24) is 4.98 Å². The molecule has 0 saturated heterocycles. The monoisotopic (exact) mass is 299 g/mol. The van der Waals surface area contributed by atoms with Gasteiger partial charge in [0, 0.05) is 18.0 Å². The molecule has 0 bridgehead atoms. The number of allylic oxidation sites excluding steroid dienone is 1. The van der Waals surface area contributed by atoms with Gasteiger partial charge in [0.15, 0.2) is 17.3 Å². The van der Waals surface area contributed by atoms with Crippen LogP contribution < -0.4 is 14.2 Å². The summed E-state index contributed by atoms with van der Waals surface area (Å²) in [5, 5.41) is 0. The van der Waals surface area contributed by atoms with Gasteiger partial charge in [-0.2, -0.15) is 0 Å². The Morgan fingerprint density at radius 2 is 1.59 bits per heavy atom. The molecule has 0 aliphatic carbocycles. The Morgan fingerprint density at radius 1 is 1.00 bits per heavy atom. The summed E-state index contributed by atoms with van der Waals surface area (Å²) in [6.45, 7) is 0. The summed E-state index contributed by atoms with van der Waals surface area (Å²) in [5.41, 5.74) is 1.36. The molecule has 1 aromatic carbocycles. The molecular formula is C17H17NO4. The van der Waals surface area contributed by atoms with E-state index in [0.717, 1.165) is 5.56 Å². The zero-order valence-electron chi connectivity index (χ0n) is 12.7. The SMILES string of the molecule is COc1cc(/C=C/C(=O)c2ccncc2)cc(OC)c1OC. The minimum Gasteiger partial charge on any atom is -0.493 e. The molecule has 114 valence electrons. The van der Waals surface area contributed by atoms with E-state index in [4.69, 9.17) is 14.2 Å². The van der Waals surface area contributed by atoms with E-state index < -0.39 is 0 Å². The highest BCUT2D eigenvalue weighted by atomic mass is 16.5. The average molecular weight is 299 g/mol. The molecule has 5 heteroatoms. The van der Waals surface area contributed by atoms with E-state index >= 15 is 0 Å². The molecule has 0 unspecified atom stereocenters. The third-order valence-electron chi connectivity index (χ3n) is 3.08. The van der Waals surface area contributed by atoms with Crippen LogP contribution in [0.25, 0.3) is 6.08 Å². The number of nitrogens with zero attached hydrogens (tertiary/aromatic N) is 1. The maximum absolute atomic E-state index is 12.0. The summed E-state index contributed by atoms with van der Waals surface area (Å²) in [5.74, 6) is 1.49. The number of benzene rings is 1. The van der Waals surface area contributed by atoms with Crippen molar-refractivity contribution in [3.8, 4) is 17.2 Å². The van der Waals surface area contributed by atoms with Gasteiger partial charge in [-0.05, 0) is 35.9 Å². The van der Waals surface area contributed by atoms with Crippen LogP contribution in [0.4, 0.5) is 0 Å². The lowest BCUT2D eigenvalue weighted by molar-refractivity contribution is 0.104. The highest BCUT2D eigenvalue weighted by Crippen LogP contribution is 2.38. The molecule has 5 nitrogen and oxygen atoms in total. The second-order valence-corrected chi connectivity index (χ2v) is 4.39. The van der Waals surface area contributed by atoms with Gasteiger partial charge in [0.1, 0.15) is 0 Å². The van der Waals surface area contributed by atoms with Crippen molar-refractivity contribution in [2.75, 3.05) is 21.3 Å². The van der Waals surface area contributed by atoms with E-state index in [-0.39, 0.29) is 5.78 Å². The van der Waals surface area contributed by atoms with Crippen molar-refractivity contribution in [3.05, 3.63) is 53.9 Å². The van der Waals surface area contributed by atoms with Gasteiger partial charge in [0.05, 0.1) is 21.3 Å². The Kier molecular flexibility index (Phi) is 5.14. The third-order valence-corrected chi connectivity index (χ3v) is 3.08. The molecule has 0 atom stereocenters. The minimum absolute atomic E-state index is 0.101. The smallest absolute Gasteiger partial charge is 0.203 e. The van der Waals surface area contributed by atoms with Gasteiger partial charge in [-0.15, -0.1) is 0 Å². The Labute approximate surface area is 129 Å². The van der Waals surface area contributed by atoms with Crippen LogP contribution in [0.15, 0.2) is 42.7 Å². The summed E-state index contributed by atoms with van der Waals surface area (Å²) >= 11 is 0. The maximum atomic E-state index is 12.0. The van der Waals surface area contributed by atoms with Crippen LogP contribution in [0.3, 0.4) is 0 Å². The second-order valence-electron chi connectivity index (χ2n) is 4.39. The van der Waals surface area contributed by atoms with Gasteiger partial charge in [-0.3, -0.25) is 9.78 Å². The lowest BCUT2D eigenvalue weighted by atomic mass is 10.1. The number of ether oxygens (including phenoxy) is 3. The summed E-state index contributed by atoms with van der Waals surface area (Å²) in [6.07, 6.45) is 6.37. The summed E-state index contributed by atoms with van der Waals surface area (Å²) in [4.78, 5) is 15.9. The molecule has 0 saturated carbocycles. The molecule has 22 heavy (non-hydrogen) atoms. The number of hydrogen-bond donors (Lipinski definition) is 0. The first-order valence-electron chi connectivity index (χ1n) is 6.62. The summed E-state index contributed by atoms with van der Waals surface area (Å²) in [6, 6.07) is 6.89. The van der Waals surface area contributed by atoms with E-state index in [1.165, 1.54) is 6.08 Å². The number of hydrogen-bond acceptors (Lipinski definition) is 5. The molecule has 0 aliphatic heterocycles. The average Bonchev–Trinajstić information content (AvgIpc) is 2.59. The van der Waals surface area contributed by atoms with Gasteiger partial charge >= 0.3 is 0 Å². The van der Waals surface area contributed by atoms with Crippen LogP contribution in [0.2, 0.25) is 0 Å². The Hall–Kier alpha value is -2.82. The highest BCUT2D eigenvalue weighted by Gasteiger charge is 2.12. The number of methoxy groups -OCH3 is 3. The number of ketones is 1. The molecule has 2 rings (SSSR count). The zero-order valence-corrected chi connectivity index (χ0v) is 12.7. The fraction of sp³-hybridized carbons (Fsp3) is 0.176. The Morgan fingerprint density at radius 3 is 2.09 bits per heavy atom.